The highest BCUT2D eigenvalue weighted by Crippen LogP contribution is 2.24. The Balaban J connectivity index is 0.000000648. The third-order valence-electron chi connectivity index (χ3n) is 2.97. The maximum Gasteiger partial charge on any atom is 0.490 e. The number of piperidine rings is 1. The SMILES string of the molecule is CC(=O)O.O=C(OC1CCN(c2cccc(Cl)n2)CC1)C(F)(F)F. The van der Waals surface area contributed by atoms with Gasteiger partial charge in [-0.2, -0.15) is 13.2 Å². The number of carboxylic acid groups (broad SMARTS) is 1. The Morgan fingerprint density at radius 1 is 1.33 bits per heavy atom. The van der Waals surface area contributed by atoms with E-state index in [2.05, 4.69) is 9.72 Å². The highest BCUT2D eigenvalue weighted by molar-refractivity contribution is 6.29. The van der Waals surface area contributed by atoms with Gasteiger partial charge >= 0.3 is 12.1 Å². The number of aliphatic carboxylic acids is 1. The first-order valence-electron chi connectivity index (χ1n) is 6.94. The Kier molecular flexibility index (Phi) is 7.27. The van der Waals surface area contributed by atoms with Crippen LogP contribution in [0.3, 0.4) is 0 Å². The number of aromatic nitrogens is 1. The first-order chi connectivity index (χ1) is 11.1. The zero-order valence-electron chi connectivity index (χ0n) is 12.7. The van der Waals surface area contributed by atoms with Crippen LogP contribution in [0.2, 0.25) is 5.15 Å². The van der Waals surface area contributed by atoms with Gasteiger partial charge in [-0.05, 0) is 12.1 Å². The minimum absolute atomic E-state index is 0.329. The summed E-state index contributed by atoms with van der Waals surface area (Å²) in [5, 5.41) is 7.77. The average Bonchev–Trinajstić information content (AvgIpc) is 2.46. The van der Waals surface area contributed by atoms with E-state index in [1.54, 1.807) is 18.2 Å². The number of anilines is 1. The Labute approximate surface area is 141 Å². The van der Waals surface area contributed by atoms with E-state index in [4.69, 9.17) is 21.5 Å². The lowest BCUT2D eigenvalue weighted by Crippen LogP contribution is -2.40. The molecule has 10 heteroatoms. The molecule has 1 aliphatic rings. The third kappa shape index (κ3) is 7.03. The van der Waals surface area contributed by atoms with Crippen molar-refractivity contribution in [2.75, 3.05) is 18.0 Å². The molecule has 1 aromatic rings. The van der Waals surface area contributed by atoms with Crippen LogP contribution < -0.4 is 4.90 Å². The van der Waals surface area contributed by atoms with Crippen molar-refractivity contribution in [2.24, 2.45) is 0 Å². The molecule has 134 valence electrons. The number of carbonyl (C=O) groups excluding carboxylic acids is 1. The summed E-state index contributed by atoms with van der Waals surface area (Å²) >= 11 is 5.78. The first kappa shape index (κ1) is 20.0. The number of ether oxygens (including phenoxy) is 1. The summed E-state index contributed by atoms with van der Waals surface area (Å²) in [5.41, 5.74) is 0. The minimum Gasteiger partial charge on any atom is -0.481 e. The lowest BCUT2D eigenvalue weighted by Gasteiger charge is -2.32. The number of esters is 1. The van der Waals surface area contributed by atoms with Crippen molar-refractivity contribution in [3.63, 3.8) is 0 Å². The molecule has 1 saturated heterocycles. The van der Waals surface area contributed by atoms with Crippen molar-refractivity contribution < 1.29 is 32.6 Å². The van der Waals surface area contributed by atoms with E-state index in [1.165, 1.54) is 0 Å². The Morgan fingerprint density at radius 2 is 1.88 bits per heavy atom. The van der Waals surface area contributed by atoms with Gasteiger partial charge in [-0.15, -0.1) is 0 Å². The molecule has 0 unspecified atom stereocenters. The van der Waals surface area contributed by atoms with E-state index in [9.17, 15) is 18.0 Å². The largest absolute Gasteiger partial charge is 0.490 e. The summed E-state index contributed by atoms with van der Waals surface area (Å²) in [6, 6.07) is 5.16. The fourth-order valence-corrected chi connectivity index (χ4v) is 2.15. The molecule has 1 fully saturated rings. The standard InChI is InChI=1S/C12H12ClF3N2O2.C2H4O2/c13-9-2-1-3-10(17-9)18-6-4-8(5-7-18)20-11(19)12(14,15)16;1-2(3)4/h1-3,8H,4-7H2;1H3,(H,3,4). The highest BCUT2D eigenvalue weighted by atomic mass is 35.5. The van der Waals surface area contributed by atoms with Crippen LogP contribution in [0.1, 0.15) is 19.8 Å². The van der Waals surface area contributed by atoms with E-state index in [0.717, 1.165) is 6.92 Å². The van der Waals surface area contributed by atoms with Gasteiger partial charge < -0.3 is 14.7 Å². The van der Waals surface area contributed by atoms with Crippen molar-refractivity contribution in [2.45, 2.75) is 32.0 Å². The molecule has 0 radical (unpaired) electrons. The van der Waals surface area contributed by atoms with E-state index >= 15 is 0 Å². The van der Waals surface area contributed by atoms with Crippen LogP contribution in [-0.2, 0) is 14.3 Å². The summed E-state index contributed by atoms with van der Waals surface area (Å²) in [4.78, 5) is 25.8. The fourth-order valence-electron chi connectivity index (χ4n) is 1.99. The average molecular weight is 369 g/mol. The molecule has 6 nitrogen and oxygen atoms in total. The van der Waals surface area contributed by atoms with Crippen LogP contribution in [0.25, 0.3) is 0 Å². The molecule has 0 saturated carbocycles. The Bertz CT molecular complexity index is 571. The second-order valence-electron chi connectivity index (χ2n) is 4.93. The number of pyridine rings is 1. The van der Waals surface area contributed by atoms with Crippen LogP contribution in [-0.4, -0.2) is 47.4 Å². The number of alkyl halides is 3. The molecule has 1 N–H and O–H groups in total. The van der Waals surface area contributed by atoms with Gasteiger partial charge in [0.15, 0.2) is 0 Å². The minimum atomic E-state index is -4.94. The van der Waals surface area contributed by atoms with Gasteiger partial charge in [-0.1, -0.05) is 17.7 Å². The van der Waals surface area contributed by atoms with Gasteiger partial charge in [-0.3, -0.25) is 4.79 Å². The lowest BCUT2D eigenvalue weighted by atomic mass is 10.1. The quantitative estimate of drug-likeness (QED) is 0.638. The molecule has 0 amide bonds. The predicted octanol–water partition coefficient (Wildman–Crippen LogP) is 2.90. The number of halogens is 4. The van der Waals surface area contributed by atoms with Gasteiger partial charge in [-0.25, -0.2) is 9.78 Å². The van der Waals surface area contributed by atoms with Crippen LogP contribution in [0, 0.1) is 0 Å². The zero-order valence-corrected chi connectivity index (χ0v) is 13.5. The van der Waals surface area contributed by atoms with Gasteiger partial charge in [0.05, 0.1) is 0 Å². The van der Waals surface area contributed by atoms with Crippen LogP contribution in [0.15, 0.2) is 18.2 Å². The monoisotopic (exact) mass is 368 g/mol. The number of rotatable bonds is 2. The van der Waals surface area contributed by atoms with Crippen LogP contribution in [0.5, 0.6) is 0 Å². The van der Waals surface area contributed by atoms with Crippen LogP contribution >= 0.6 is 11.6 Å². The number of hydrogen-bond acceptors (Lipinski definition) is 5. The highest BCUT2D eigenvalue weighted by Gasteiger charge is 2.42. The molecule has 24 heavy (non-hydrogen) atoms. The molecule has 0 aliphatic carbocycles. The molecule has 0 spiro atoms. The van der Waals surface area contributed by atoms with E-state index in [1.807, 2.05) is 4.90 Å². The molecule has 0 atom stereocenters. The smallest absolute Gasteiger partial charge is 0.481 e. The topological polar surface area (TPSA) is 79.7 Å². The van der Waals surface area contributed by atoms with Gasteiger partial charge in [0, 0.05) is 32.9 Å². The molecule has 2 rings (SSSR count). The first-order valence-corrected chi connectivity index (χ1v) is 7.32. The maximum absolute atomic E-state index is 12.1. The second-order valence-corrected chi connectivity index (χ2v) is 5.31. The van der Waals surface area contributed by atoms with Gasteiger partial charge in [0.25, 0.3) is 5.97 Å². The van der Waals surface area contributed by atoms with Gasteiger partial charge in [0.1, 0.15) is 17.1 Å². The van der Waals surface area contributed by atoms with Crippen molar-refractivity contribution in [1.29, 1.82) is 0 Å². The Hall–Kier alpha value is -2.03. The fraction of sp³-hybridized carbons (Fsp3) is 0.500. The summed E-state index contributed by atoms with van der Waals surface area (Å²) < 4.78 is 40.7. The zero-order chi connectivity index (χ0) is 18.3. The maximum atomic E-state index is 12.1. The van der Waals surface area contributed by atoms with E-state index in [0.29, 0.717) is 36.9 Å². The molecule has 1 aliphatic heterocycles. The molecule has 2 heterocycles. The molecule has 0 bridgehead atoms. The number of carboxylic acids is 1. The van der Waals surface area contributed by atoms with E-state index in [-0.39, 0.29) is 0 Å². The van der Waals surface area contributed by atoms with Crippen molar-refractivity contribution in [1.82, 2.24) is 4.98 Å². The van der Waals surface area contributed by atoms with E-state index < -0.39 is 24.2 Å². The molecular formula is C14H16ClF3N2O4. The van der Waals surface area contributed by atoms with Crippen molar-refractivity contribution in [3.8, 4) is 0 Å². The summed E-state index contributed by atoms with van der Waals surface area (Å²) in [6.45, 7) is 2.01. The number of nitrogens with zero attached hydrogens (tertiary/aromatic N) is 2. The van der Waals surface area contributed by atoms with Gasteiger partial charge in [0.2, 0.25) is 0 Å². The predicted molar refractivity (Wildman–Crippen MR) is 79.9 cm³/mol. The van der Waals surface area contributed by atoms with Crippen molar-refractivity contribution >= 4 is 29.4 Å². The molecule has 0 aromatic carbocycles. The second kappa shape index (κ2) is 8.72. The third-order valence-corrected chi connectivity index (χ3v) is 3.18. The van der Waals surface area contributed by atoms with Crippen molar-refractivity contribution in [3.05, 3.63) is 23.4 Å². The summed E-state index contributed by atoms with van der Waals surface area (Å²) in [5.74, 6) is -2.30. The summed E-state index contributed by atoms with van der Waals surface area (Å²) in [6.07, 6.45) is -4.99. The Morgan fingerprint density at radius 3 is 2.33 bits per heavy atom. The lowest BCUT2D eigenvalue weighted by molar-refractivity contribution is -0.205. The normalized spacial score (nSPS) is 15.3. The number of carbonyl (C=O) groups is 2. The molecular weight excluding hydrogens is 353 g/mol. The van der Waals surface area contributed by atoms with Crippen LogP contribution in [0.4, 0.5) is 19.0 Å². The number of hydrogen-bond donors (Lipinski definition) is 1. The summed E-state index contributed by atoms with van der Waals surface area (Å²) in [7, 11) is 0. The molecule has 1 aromatic heterocycles.